The normalized spacial score (nSPS) is 38.5. The largest absolute Gasteiger partial charge is 0.459 e. The molecule has 3 aliphatic heterocycles. The lowest BCUT2D eigenvalue weighted by Gasteiger charge is -2.50. The fourth-order valence-corrected chi connectivity index (χ4v) is 9.43. The highest BCUT2D eigenvalue weighted by Gasteiger charge is 2.53. The van der Waals surface area contributed by atoms with Gasteiger partial charge in [-0.2, -0.15) is 0 Å². The van der Waals surface area contributed by atoms with Crippen molar-refractivity contribution < 1.29 is 58.5 Å². The van der Waals surface area contributed by atoms with Gasteiger partial charge in [-0.25, -0.2) is 0 Å². The van der Waals surface area contributed by atoms with Gasteiger partial charge in [0.15, 0.2) is 12.6 Å². The van der Waals surface area contributed by atoms with Crippen molar-refractivity contribution in [2.75, 3.05) is 27.3 Å². The van der Waals surface area contributed by atoms with Crippen molar-refractivity contribution in [2.24, 2.45) is 34.7 Å². The molecule has 0 bridgehead atoms. The molecule has 0 spiro atoms. The van der Waals surface area contributed by atoms with Crippen molar-refractivity contribution in [3.8, 4) is 12.3 Å². The average Bonchev–Trinajstić information content (AvgIpc) is 3.21. The number of aliphatic hydroxyl groups excluding tert-OH is 3. The smallest absolute Gasteiger partial charge is 0.311 e. The first-order chi connectivity index (χ1) is 28.1. The van der Waals surface area contributed by atoms with Crippen LogP contribution in [0, 0.1) is 41.9 Å². The standard InChI is InChI=1S/C46H80N2O12/c1-16-18-21-48(14)35-22-29(6)56-44(39(35)50)60-42(46(13)23-28(5)38(47-53)30(7)27(4)20-19-26(3)25-55-46)31(8)40(32(9)43(52)58-36(17-2)33(10)49)59-37-24-45(12,54-15)41(51)34(11)57-37/h1,27-37,39-42,44,49-51,53H,3,17-25H2,2,4-15H3/b47-38+/t27-,28-,29-,30-,31+,32-,33-,34+,35+,36-,37+,39-,40?,41+,42-,44+,45-,46-/m1/s1. The summed E-state index contributed by atoms with van der Waals surface area (Å²) >= 11 is 0. The molecule has 0 saturated carbocycles. The molecule has 0 aromatic carbocycles. The Hall–Kier alpha value is -2.16. The monoisotopic (exact) mass is 853 g/mol. The molecule has 0 aliphatic carbocycles. The van der Waals surface area contributed by atoms with Crippen molar-refractivity contribution in [3.05, 3.63) is 12.2 Å². The number of likely N-dealkylation sites (N-methyl/N-ethyl adjacent to an activating group) is 1. The highest BCUT2D eigenvalue weighted by Crippen LogP contribution is 2.42. The van der Waals surface area contributed by atoms with Crippen LogP contribution < -0.4 is 0 Å². The van der Waals surface area contributed by atoms with Crippen molar-refractivity contribution in [1.29, 1.82) is 0 Å². The predicted molar refractivity (Wildman–Crippen MR) is 229 cm³/mol. The molecule has 0 amide bonds. The molecule has 0 aromatic rings. The number of nitrogens with zero attached hydrogens (tertiary/aromatic N) is 2. The number of carbonyl (C=O) groups excluding carboxylic acids is 1. The molecule has 3 heterocycles. The highest BCUT2D eigenvalue weighted by molar-refractivity contribution is 5.88. The minimum Gasteiger partial charge on any atom is -0.459 e. The zero-order valence-electron chi connectivity index (χ0n) is 38.8. The topological polar surface area (TPSA) is 178 Å². The van der Waals surface area contributed by atoms with E-state index in [-0.39, 0.29) is 42.9 Å². The van der Waals surface area contributed by atoms with E-state index < -0.39 is 84.3 Å². The van der Waals surface area contributed by atoms with Crippen molar-refractivity contribution in [1.82, 2.24) is 4.90 Å². The van der Waals surface area contributed by atoms with E-state index in [4.69, 9.17) is 39.6 Å². The lowest BCUT2D eigenvalue weighted by molar-refractivity contribution is -0.320. The lowest BCUT2D eigenvalue weighted by Crippen LogP contribution is -2.61. The van der Waals surface area contributed by atoms with Gasteiger partial charge in [0.2, 0.25) is 0 Å². The maximum Gasteiger partial charge on any atom is 0.311 e. The summed E-state index contributed by atoms with van der Waals surface area (Å²) in [4.78, 5) is 16.2. The van der Waals surface area contributed by atoms with Crippen LogP contribution in [0.25, 0.3) is 0 Å². The third kappa shape index (κ3) is 13.0. The number of hydrogen-bond donors (Lipinski definition) is 4. The van der Waals surface area contributed by atoms with Crippen molar-refractivity contribution in [3.63, 3.8) is 0 Å². The quantitative estimate of drug-likeness (QED) is 0.0489. The molecule has 14 nitrogen and oxygen atoms in total. The van der Waals surface area contributed by atoms with Gasteiger partial charge in [0.25, 0.3) is 0 Å². The highest BCUT2D eigenvalue weighted by atomic mass is 16.7. The molecule has 14 heteroatoms. The van der Waals surface area contributed by atoms with Crippen LogP contribution in [0.4, 0.5) is 0 Å². The van der Waals surface area contributed by atoms with Gasteiger partial charge >= 0.3 is 5.97 Å². The summed E-state index contributed by atoms with van der Waals surface area (Å²) in [7, 11) is 3.45. The van der Waals surface area contributed by atoms with Gasteiger partial charge in [-0.3, -0.25) is 9.69 Å². The van der Waals surface area contributed by atoms with Gasteiger partial charge < -0.3 is 53.7 Å². The summed E-state index contributed by atoms with van der Waals surface area (Å²) in [6, 6.07) is -0.346. The zero-order valence-corrected chi connectivity index (χ0v) is 38.8. The molecule has 3 aliphatic rings. The molecule has 3 saturated heterocycles. The van der Waals surface area contributed by atoms with E-state index >= 15 is 0 Å². The Balaban J connectivity index is 2.25. The van der Waals surface area contributed by atoms with Gasteiger partial charge in [0, 0.05) is 50.3 Å². The molecule has 3 rings (SSSR count). The van der Waals surface area contributed by atoms with Crippen LogP contribution in [0.3, 0.4) is 0 Å². The van der Waals surface area contributed by atoms with Crippen molar-refractivity contribution in [2.45, 2.75) is 200 Å². The number of methoxy groups -OCH3 is 1. The maximum atomic E-state index is 14.2. The second kappa shape index (κ2) is 23.0. The Labute approximate surface area is 360 Å². The number of carbonyl (C=O) groups is 1. The number of terminal acetylenes is 1. The van der Waals surface area contributed by atoms with Gasteiger partial charge in [0.1, 0.15) is 18.3 Å². The van der Waals surface area contributed by atoms with Crippen LogP contribution in [0.5, 0.6) is 0 Å². The summed E-state index contributed by atoms with van der Waals surface area (Å²) in [6.45, 7) is 25.8. The van der Waals surface area contributed by atoms with Crippen molar-refractivity contribution >= 4 is 11.7 Å². The molecule has 60 heavy (non-hydrogen) atoms. The summed E-state index contributed by atoms with van der Waals surface area (Å²) in [5, 5.41) is 47.9. The molecular formula is C46H80N2O12. The van der Waals surface area contributed by atoms with Crippen LogP contribution in [-0.2, 0) is 38.0 Å². The van der Waals surface area contributed by atoms with Gasteiger partial charge in [-0.05, 0) is 86.6 Å². The number of aliphatic hydroxyl groups is 3. The number of rotatable bonds is 16. The zero-order chi connectivity index (χ0) is 45.3. The molecule has 4 N–H and O–H groups in total. The van der Waals surface area contributed by atoms with Crippen LogP contribution in [0.2, 0.25) is 0 Å². The van der Waals surface area contributed by atoms with E-state index in [2.05, 4.69) is 31.5 Å². The second-order valence-corrected chi connectivity index (χ2v) is 18.7. The van der Waals surface area contributed by atoms with E-state index in [1.807, 2.05) is 46.6 Å². The van der Waals surface area contributed by atoms with Crippen LogP contribution in [0.1, 0.15) is 121 Å². The molecule has 3 fully saturated rings. The summed E-state index contributed by atoms with van der Waals surface area (Å²) in [6.07, 6.45) is 0.305. The first kappa shape index (κ1) is 52.2. The fourth-order valence-electron chi connectivity index (χ4n) is 9.43. The average molecular weight is 853 g/mol. The first-order valence-electron chi connectivity index (χ1n) is 22.2. The van der Waals surface area contributed by atoms with Gasteiger partial charge in [-0.15, -0.1) is 12.3 Å². The first-order valence-corrected chi connectivity index (χ1v) is 22.2. The Bertz CT molecular complexity index is 1440. The summed E-state index contributed by atoms with van der Waals surface area (Å²) in [5.74, 6) is 0.268. The number of oxime groups is 1. The summed E-state index contributed by atoms with van der Waals surface area (Å²) in [5.41, 5.74) is -0.713. The minimum absolute atomic E-state index is 0.0530. The molecule has 1 unspecified atom stereocenters. The Kier molecular flexibility index (Phi) is 20.0. The Morgan fingerprint density at radius 3 is 2.35 bits per heavy atom. The fraction of sp³-hybridized carbons (Fsp3) is 0.870. The van der Waals surface area contributed by atoms with Gasteiger partial charge in [0.05, 0.1) is 60.0 Å². The van der Waals surface area contributed by atoms with E-state index in [0.717, 1.165) is 12.0 Å². The maximum absolute atomic E-state index is 14.2. The third-order valence-electron chi connectivity index (χ3n) is 13.7. The van der Waals surface area contributed by atoms with E-state index in [0.29, 0.717) is 44.4 Å². The second-order valence-electron chi connectivity index (χ2n) is 18.7. The number of ether oxygens (including phenoxy) is 7. The molecule has 346 valence electrons. The molecule has 18 atom stereocenters. The molecule has 0 aromatic heterocycles. The minimum atomic E-state index is -1.20. The Morgan fingerprint density at radius 2 is 1.77 bits per heavy atom. The Morgan fingerprint density at radius 1 is 1.10 bits per heavy atom. The van der Waals surface area contributed by atoms with Crippen LogP contribution in [-0.4, -0.2) is 143 Å². The third-order valence-corrected chi connectivity index (χ3v) is 13.7. The van der Waals surface area contributed by atoms with Gasteiger partial charge in [-0.1, -0.05) is 51.9 Å². The lowest BCUT2D eigenvalue weighted by atomic mass is 9.74. The molecule has 0 radical (unpaired) electrons. The SMILES string of the molecule is C#CCCN(C)[C@H]1C[C@@H](C)O[C@@H](O[C@H]([C@@H](C)C(O[C@H]2C[C@@](C)(OC)[C@@H](O)[C@H](C)O2)[C@@H](C)C(=O)O[C@H](CC)[C@@H](C)O)[C@@]2(C)C[C@@H](C)/C(=N\O)[C@H](C)[C@H](C)CCC(=C)CO2)[C@@H]1O. The van der Waals surface area contributed by atoms with E-state index in [1.54, 1.807) is 27.7 Å². The predicted octanol–water partition coefficient (Wildman–Crippen LogP) is 5.71. The van der Waals surface area contributed by atoms with Crippen LogP contribution in [0.15, 0.2) is 17.3 Å². The molecular weight excluding hydrogens is 773 g/mol. The van der Waals surface area contributed by atoms with Crippen LogP contribution >= 0.6 is 0 Å². The van der Waals surface area contributed by atoms with E-state index in [9.17, 15) is 25.3 Å². The van der Waals surface area contributed by atoms with E-state index in [1.165, 1.54) is 7.11 Å². The number of hydrogen-bond acceptors (Lipinski definition) is 14. The number of esters is 1. The summed E-state index contributed by atoms with van der Waals surface area (Å²) < 4.78 is 45.4.